The summed E-state index contributed by atoms with van der Waals surface area (Å²) in [5.74, 6) is 0.571. The molecule has 12 heteroatoms. The van der Waals surface area contributed by atoms with Crippen LogP contribution in [0.25, 0.3) is 0 Å². The molecule has 0 fully saturated rings. The summed E-state index contributed by atoms with van der Waals surface area (Å²) in [6.07, 6.45) is 0. The monoisotopic (exact) mass is 444 g/mol. The lowest BCUT2D eigenvalue weighted by atomic mass is 10.2. The van der Waals surface area contributed by atoms with Gasteiger partial charge in [0.1, 0.15) is 0 Å². The fourth-order valence-corrected chi connectivity index (χ4v) is 3.44. The molecule has 0 aliphatic carbocycles. The lowest BCUT2D eigenvalue weighted by molar-refractivity contribution is -0.387. The van der Waals surface area contributed by atoms with E-state index in [0.717, 1.165) is 11.8 Å². The number of tetrazole rings is 1. The van der Waals surface area contributed by atoms with E-state index in [2.05, 4.69) is 20.8 Å². The van der Waals surface area contributed by atoms with Crippen molar-refractivity contribution in [2.75, 3.05) is 18.5 Å². The minimum absolute atomic E-state index is 0.138. The van der Waals surface area contributed by atoms with Gasteiger partial charge in [0.25, 0.3) is 11.6 Å². The first-order chi connectivity index (χ1) is 14.9. The molecule has 162 valence electrons. The Morgan fingerprint density at radius 3 is 2.55 bits per heavy atom. The third kappa shape index (κ3) is 5.28. The van der Waals surface area contributed by atoms with Gasteiger partial charge in [-0.2, -0.15) is 0 Å². The standard InChI is InChI=1S/C19H20N6O5S/c1-4-29-15-8-7-13(11-16(15)30-5-2)20-18(26)12-6-9-17(14(10-12)25(27)28)31-19-21-22-23-24(19)3/h6-11H,4-5H2,1-3H3,(H,20,26). The Bertz CT molecular complexity index is 1100. The van der Waals surface area contributed by atoms with Crippen LogP contribution in [-0.4, -0.2) is 44.3 Å². The number of rotatable bonds is 9. The Hall–Kier alpha value is -3.67. The molecule has 0 radical (unpaired) electrons. The number of nitro groups is 1. The number of nitrogens with one attached hydrogen (secondary N) is 1. The summed E-state index contributed by atoms with van der Waals surface area (Å²) >= 11 is 1.04. The molecular weight excluding hydrogens is 424 g/mol. The van der Waals surface area contributed by atoms with Crippen molar-refractivity contribution >= 4 is 29.0 Å². The Balaban J connectivity index is 1.83. The van der Waals surface area contributed by atoms with Gasteiger partial charge in [-0.1, -0.05) is 0 Å². The molecule has 0 aliphatic heterocycles. The maximum atomic E-state index is 12.7. The van der Waals surface area contributed by atoms with Crippen molar-refractivity contribution in [3.8, 4) is 11.5 Å². The average Bonchev–Trinajstić information content (AvgIpc) is 3.14. The number of benzene rings is 2. The van der Waals surface area contributed by atoms with Crippen LogP contribution in [0.2, 0.25) is 0 Å². The number of nitrogens with zero attached hydrogens (tertiary/aromatic N) is 5. The van der Waals surface area contributed by atoms with E-state index in [1.807, 2.05) is 13.8 Å². The fourth-order valence-electron chi connectivity index (χ4n) is 2.63. The van der Waals surface area contributed by atoms with E-state index in [0.29, 0.717) is 40.5 Å². The number of amides is 1. The third-order valence-electron chi connectivity index (χ3n) is 4.00. The van der Waals surface area contributed by atoms with E-state index in [4.69, 9.17) is 9.47 Å². The van der Waals surface area contributed by atoms with Crippen LogP contribution in [-0.2, 0) is 7.05 Å². The summed E-state index contributed by atoms with van der Waals surface area (Å²) in [7, 11) is 1.63. The van der Waals surface area contributed by atoms with Gasteiger partial charge in [0, 0.05) is 30.4 Å². The summed E-state index contributed by atoms with van der Waals surface area (Å²) < 4.78 is 12.5. The summed E-state index contributed by atoms with van der Waals surface area (Å²) in [5, 5.41) is 25.7. The topological polar surface area (TPSA) is 134 Å². The second kappa shape index (κ2) is 9.89. The first-order valence-corrected chi connectivity index (χ1v) is 10.1. The predicted octanol–water partition coefficient (Wildman–Crippen LogP) is 3.32. The normalized spacial score (nSPS) is 10.5. The largest absolute Gasteiger partial charge is 0.490 e. The molecular formula is C19H20N6O5S. The van der Waals surface area contributed by atoms with E-state index in [9.17, 15) is 14.9 Å². The lowest BCUT2D eigenvalue weighted by Gasteiger charge is -2.13. The molecule has 0 saturated carbocycles. The maximum absolute atomic E-state index is 12.7. The molecule has 0 atom stereocenters. The molecule has 3 aromatic rings. The highest BCUT2D eigenvalue weighted by atomic mass is 32.2. The number of hydrogen-bond donors (Lipinski definition) is 1. The van der Waals surface area contributed by atoms with Gasteiger partial charge >= 0.3 is 0 Å². The number of carbonyl (C=O) groups excluding carboxylic acids is 1. The molecule has 1 amide bonds. The van der Waals surface area contributed by atoms with Crippen molar-refractivity contribution < 1.29 is 19.2 Å². The highest BCUT2D eigenvalue weighted by Gasteiger charge is 2.20. The zero-order chi connectivity index (χ0) is 22.4. The smallest absolute Gasteiger partial charge is 0.284 e. The molecule has 11 nitrogen and oxygen atoms in total. The van der Waals surface area contributed by atoms with Crippen molar-refractivity contribution in [3.05, 3.63) is 52.1 Å². The molecule has 0 saturated heterocycles. The quantitative estimate of drug-likeness (QED) is 0.389. The lowest BCUT2D eigenvalue weighted by Crippen LogP contribution is -2.12. The van der Waals surface area contributed by atoms with Crippen molar-refractivity contribution in [1.29, 1.82) is 0 Å². The SMILES string of the molecule is CCOc1ccc(NC(=O)c2ccc(Sc3nnnn3C)c([N+](=O)[O-])c2)cc1OCC. The molecule has 1 N–H and O–H groups in total. The first kappa shape index (κ1) is 22.0. The fraction of sp³-hybridized carbons (Fsp3) is 0.263. The average molecular weight is 444 g/mol. The number of aromatic nitrogens is 4. The number of carbonyl (C=O) groups is 1. The molecule has 1 aromatic heterocycles. The third-order valence-corrected chi connectivity index (χ3v) is 5.10. The number of aryl methyl sites for hydroxylation is 1. The van der Waals surface area contributed by atoms with E-state index in [-0.39, 0.29) is 11.3 Å². The maximum Gasteiger partial charge on any atom is 0.284 e. The Morgan fingerprint density at radius 1 is 1.16 bits per heavy atom. The van der Waals surface area contributed by atoms with Gasteiger partial charge < -0.3 is 14.8 Å². The van der Waals surface area contributed by atoms with Crippen LogP contribution in [0.4, 0.5) is 11.4 Å². The number of hydrogen-bond acceptors (Lipinski definition) is 9. The molecule has 0 bridgehead atoms. The summed E-state index contributed by atoms with van der Waals surface area (Å²) in [5.41, 5.74) is 0.393. The molecule has 0 aliphatic rings. The molecule has 2 aromatic carbocycles. The highest BCUT2D eigenvalue weighted by Crippen LogP contribution is 2.34. The van der Waals surface area contributed by atoms with Crippen molar-refractivity contribution in [1.82, 2.24) is 20.2 Å². The van der Waals surface area contributed by atoms with Crippen molar-refractivity contribution in [3.63, 3.8) is 0 Å². The highest BCUT2D eigenvalue weighted by molar-refractivity contribution is 7.99. The molecule has 3 rings (SSSR count). The minimum atomic E-state index is -0.549. The first-order valence-electron chi connectivity index (χ1n) is 9.32. The van der Waals surface area contributed by atoms with Crippen LogP contribution in [0, 0.1) is 10.1 Å². The summed E-state index contributed by atoms with van der Waals surface area (Å²) in [6, 6.07) is 9.24. The van der Waals surface area contributed by atoms with E-state index in [1.165, 1.54) is 22.9 Å². The minimum Gasteiger partial charge on any atom is -0.490 e. The van der Waals surface area contributed by atoms with Gasteiger partial charge in [-0.25, -0.2) is 4.68 Å². The van der Waals surface area contributed by atoms with Crippen LogP contribution < -0.4 is 14.8 Å². The van der Waals surface area contributed by atoms with Gasteiger partial charge in [-0.15, -0.1) is 5.10 Å². The van der Waals surface area contributed by atoms with Gasteiger partial charge in [0.05, 0.1) is 23.0 Å². The van der Waals surface area contributed by atoms with Crippen LogP contribution >= 0.6 is 11.8 Å². The summed E-state index contributed by atoms with van der Waals surface area (Å²) in [4.78, 5) is 24.0. The number of ether oxygens (including phenoxy) is 2. The van der Waals surface area contributed by atoms with E-state index in [1.54, 1.807) is 25.2 Å². The summed E-state index contributed by atoms with van der Waals surface area (Å²) in [6.45, 7) is 4.62. The molecule has 0 spiro atoms. The Morgan fingerprint density at radius 2 is 1.90 bits per heavy atom. The van der Waals surface area contributed by atoms with Crippen LogP contribution in [0.5, 0.6) is 11.5 Å². The number of nitro benzene ring substituents is 1. The van der Waals surface area contributed by atoms with Gasteiger partial charge in [-0.05, 0) is 60.3 Å². The predicted molar refractivity (Wildman–Crippen MR) is 113 cm³/mol. The second-order valence-electron chi connectivity index (χ2n) is 6.11. The zero-order valence-corrected chi connectivity index (χ0v) is 17.9. The van der Waals surface area contributed by atoms with Crippen molar-refractivity contribution in [2.45, 2.75) is 23.9 Å². The second-order valence-corrected chi connectivity index (χ2v) is 7.12. The number of anilines is 1. The zero-order valence-electron chi connectivity index (χ0n) is 17.1. The van der Waals surface area contributed by atoms with Crippen LogP contribution in [0.3, 0.4) is 0 Å². The Labute approximate surface area is 181 Å². The van der Waals surface area contributed by atoms with Crippen molar-refractivity contribution in [2.24, 2.45) is 7.05 Å². The Kier molecular flexibility index (Phi) is 7.03. The van der Waals surface area contributed by atoms with Crippen LogP contribution in [0.15, 0.2) is 46.5 Å². The molecule has 31 heavy (non-hydrogen) atoms. The van der Waals surface area contributed by atoms with Gasteiger partial charge in [0.15, 0.2) is 11.5 Å². The van der Waals surface area contributed by atoms with E-state index >= 15 is 0 Å². The molecule has 0 unspecified atom stereocenters. The van der Waals surface area contributed by atoms with Gasteiger partial charge in [-0.3, -0.25) is 14.9 Å². The van der Waals surface area contributed by atoms with E-state index < -0.39 is 10.8 Å². The van der Waals surface area contributed by atoms with Gasteiger partial charge in [0.2, 0.25) is 5.16 Å². The molecule has 1 heterocycles. The van der Waals surface area contributed by atoms with Crippen LogP contribution in [0.1, 0.15) is 24.2 Å².